The van der Waals surface area contributed by atoms with Crippen LogP contribution in [0.2, 0.25) is 5.02 Å². The maximum atomic E-state index is 6.01. The van der Waals surface area contributed by atoms with Gasteiger partial charge in [-0.1, -0.05) is 23.7 Å². The fourth-order valence-electron chi connectivity index (χ4n) is 2.44. The predicted octanol–water partition coefficient (Wildman–Crippen LogP) is 4.55. The minimum atomic E-state index is 0.777. The monoisotopic (exact) mass is 312 g/mol. The molecule has 0 aliphatic carbocycles. The average Bonchev–Trinajstić information content (AvgIpc) is 2.54. The van der Waals surface area contributed by atoms with Crippen LogP contribution < -0.4 is 10.1 Å². The molecule has 3 nitrogen and oxygen atoms in total. The highest BCUT2D eigenvalue weighted by Crippen LogP contribution is 2.25. The molecule has 0 aliphatic rings. The molecule has 1 N–H and O–H groups in total. The highest BCUT2D eigenvalue weighted by atomic mass is 35.5. The van der Waals surface area contributed by atoms with Gasteiger partial charge in [-0.25, -0.2) is 0 Å². The van der Waals surface area contributed by atoms with Crippen molar-refractivity contribution in [3.05, 3.63) is 65.3 Å². The number of hydrogen-bond acceptors (Lipinski definition) is 3. The van der Waals surface area contributed by atoms with Gasteiger partial charge in [0.2, 0.25) is 0 Å². The Morgan fingerprint density at radius 3 is 2.86 bits per heavy atom. The van der Waals surface area contributed by atoms with Crippen molar-refractivity contribution < 1.29 is 4.74 Å². The molecule has 0 unspecified atom stereocenters. The number of aromatic nitrogens is 1. The maximum Gasteiger partial charge on any atom is 0.121 e. The molecule has 22 heavy (non-hydrogen) atoms. The van der Waals surface area contributed by atoms with Crippen molar-refractivity contribution in [1.82, 2.24) is 4.98 Å². The van der Waals surface area contributed by atoms with Crippen molar-refractivity contribution in [2.75, 3.05) is 19.0 Å². The zero-order valence-electron chi connectivity index (χ0n) is 12.3. The van der Waals surface area contributed by atoms with Gasteiger partial charge in [-0.2, -0.15) is 0 Å². The Labute approximate surface area is 134 Å². The van der Waals surface area contributed by atoms with Crippen LogP contribution in [0.5, 0.6) is 5.75 Å². The van der Waals surface area contributed by atoms with Crippen molar-refractivity contribution in [3.63, 3.8) is 0 Å². The first-order valence-corrected chi connectivity index (χ1v) is 7.55. The molecule has 0 fully saturated rings. The Kier molecular flexibility index (Phi) is 4.45. The quantitative estimate of drug-likeness (QED) is 0.750. The summed E-state index contributed by atoms with van der Waals surface area (Å²) in [4.78, 5) is 4.39. The van der Waals surface area contributed by atoms with Crippen molar-refractivity contribution in [3.8, 4) is 5.75 Å². The minimum absolute atomic E-state index is 0.777. The molecule has 4 heteroatoms. The number of methoxy groups -OCH3 is 1. The van der Waals surface area contributed by atoms with E-state index < -0.39 is 0 Å². The standard InChI is InChI=1S/C18H17ClN2O/c1-22-15-5-6-16-17(8-10-21-18(16)12-15)20-9-7-13-3-2-4-14(19)11-13/h2-6,8,10-12H,7,9H2,1H3,(H,20,21). The van der Waals surface area contributed by atoms with Gasteiger partial charge >= 0.3 is 0 Å². The number of halogens is 1. The molecule has 0 saturated heterocycles. The molecule has 0 aliphatic heterocycles. The van der Waals surface area contributed by atoms with Crippen molar-refractivity contribution in [2.45, 2.75) is 6.42 Å². The van der Waals surface area contributed by atoms with E-state index in [2.05, 4.69) is 16.4 Å². The van der Waals surface area contributed by atoms with E-state index in [-0.39, 0.29) is 0 Å². The number of nitrogens with zero attached hydrogens (tertiary/aromatic N) is 1. The summed E-state index contributed by atoms with van der Waals surface area (Å²) in [6.45, 7) is 0.839. The number of anilines is 1. The summed E-state index contributed by atoms with van der Waals surface area (Å²) in [7, 11) is 1.66. The van der Waals surface area contributed by atoms with Crippen LogP contribution in [-0.4, -0.2) is 18.6 Å². The predicted molar refractivity (Wildman–Crippen MR) is 91.9 cm³/mol. The third-order valence-electron chi connectivity index (χ3n) is 3.57. The third kappa shape index (κ3) is 3.31. The number of fused-ring (bicyclic) bond motifs is 1. The molecule has 1 heterocycles. The summed E-state index contributed by atoms with van der Waals surface area (Å²) in [5.74, 6) is 0.816. The second kappa shape index (κ2) is 6.67. The summed E-state index contributed by atoms with van der Waals surface area (Å²) >= 11 is 6.01. The molecule has 0 radical (unpaired) electrons. The van der Waals surface area contributed by atoms with Gasteiger partial charge in [0.1, 0.15) is 5.75 Å². The van der Waals surface area contributed by atoms with Crippen LogP contribution in [0.4, 0.5) is 5.69 Å². The number of benzene rings is 2. The SMILES string of the molecule is COc1ccc2c(NCCc3cccc(Cl)c3)ccnc2c1. The largest absolute Gasteiger partial charge is 0.497 e. The Balaban J connectivity index is 1.74. The van der Waals surface area contributed by atoms with Crippen LogP contribution in [0, 0.1) is 0 Å². The highest BCUT2D eigenvalue weighted by Gasteiger charge is 2.03. The van der Waals surface area contributed by atoms with Crippen molar-refractivity contribution in [1.29, 1.82) is 0 Å². The van der Waals surface area contributed by atoms with Gasteiger partial charge in [-0.15, -0.1) is 0 Å². The fraction of sp³-hybridized carbons (Fsp3) is 0.167. The first kappa shape index (κ1) is 14.7. The second-order valence-corrected chi connectivity index (χ2v) is 5.48. The number of rotatable bonds is 5. The summed E-state index contributed by atoms with van der Waals surface area (Å²) in [5.41, 5.74) is 3.22. The van der Waals surface area contributed by atoms with Gasteiger partial charge in [-0.3, -0.25) is 4.98 Å². The van der Waals surface area contributed by atoms with E-state index in [1.807, 2.05) is 48.7 Å². The summed E-state index contributed by atoms with van der Waals surface area (Å²) in [6.07, 6.45) is 2.73. The Morgan fingerprint density at radius 2 is 2.05 bits per heavy atom. The van der Waals surface area contributed by atoms with Gasteiger partial charge in [0.05, 0.1) is 12.6 Å². The van der Waals surface area contributed by atoms with E-state index in [1.54, 1.807) is 7.11 Å². The summed E-state index contributed by atoms with van der Waals surface area (Å²) in [6, 6.07) is 15.9. The average molecular weight is 313 g/mol. The Hall–Kier alpha value is -2.26. The lowest BCUT2D eigenvalue weighted by Gasteiger charge is -2.10. The first-order valence-electron chi connectivity index (χ1n) is 7.17. The molecule has 0 bridgehead atoms. The van der Waals surface area contributed by atoms with Crippen LogP contribution in [0.15, 0.2) is 54.7 Å². The molecule has 1 aromatic heterocycles. The molecule has 3 rings (SSSR count). The van der Waals surface area contributed by atoms with E-state index in [0.29, 0.717) is 0 Å². The van der Waals surface area contributed by atoms with E-state index in [9.17, 15) is 0 Å². The highest BCUT2D eigenvalue weighted by molar-refractivity contribution is 6.30. The lowest BCUT2D eigenvalue weighted by Crippen LogP contribution is -2.05. The molecule has 0 saturated carbocycles. The molecule has 0 spiro atoms. The van der Waals surface area contributed by atoms with E-state index in [0.717, 1.165) is 40.3 Å². The van der Waals surface area contributed by atoms with Crippen LogP contribution in [0.1, 0.15) is 5.56 Å². The Morgan fingerprint density at radius 1 is 1.14 bits per heavy atom. The van der Waals surface area contributed by atoms with Crippen molar-refractivity contribution >= 4 is 28.2 Å². The van der Waals surface area contributed by atoms with Gasteiger partial charge < -0.3 is 10.1 Å². The lowest BCUT2D eigenvalue weighted by molar-refractivity contribution is 0.415. The van der Waals surface area contributed by atoms with E-state index in [1.165, 1.54) is 5.56 Å². The van der Waals surface area contributed by atoms with Crippen LogP contribution >= 0.6 is 11.6 Å². The van der Waals surface area contributed by atoms with E-state index >= 15 is 0 Å². The third-order valence-corrected chi connectivity index (χ3v) is 3.80. The molecular formula is C18H17ClN2O. The van der Waals surface area contributed by atoms with Crippen LogP contribution in [-0.2, 0) is 6.42 Å². The molecule has 3 aromatic rings. The topological polar surface area (TPSA) is 34.1 Å². The molecule has 2 aromatic carbocycles. The Bertz CT molecular complexity index is 789. The number of hydrogen-bond donors (Lipinski definition) is 1. The summed E-state index contributed by atoms with van der Waals surface area (Å²) in [5, 5.41) is 5.34. The zero-order chi connectivity index (χ0) is 15.4. The van der Waals surface area contributed by atoms with E-state index in [4.69, 9.17) is 16.3 Å². The van der Waals surface area contributed by atoms with Crippen molar-refractivity contribution in [2.24, 2.45) is 0 Å². The molecule has 112 valence electrons. The number of pyridine rings is 1. The fourth-order valence-corrected chi connectivity index (χ4v) is 2.66. The minimum Gasteiger partial charge on any atom is -0.497 e. The van der Waals surface area contributed by atoms with Crippen LogP contribution in [0.3, 0.4) is 0 Å². The summed E-state index contributed by atoms with van der Waals surface area (Å²) < 4.78 is 5.24. The van der Waals surface area contributed by atoms with Crippen LogP contribution in [0.25, 0.3) is 10.9 Å². The lowest BCUT2D eigenvalue weighted by atomic mass is 10.1. The number of ether oxygens (including phenoxy) is 1. The first-order chi connectivity index (χ1) is 10.8. The van der Waals surface area contributed by atoms with Gasteiger partial charge in [0, 0.05) is 34.9 Å². The van der Waals surface area contributed by atoms with Gasteiger partial charge in [0.25, 0.3) is 0 Å². The molecular weight excluding hydrogens is 296 g/mol. The second-order valence-electron chi connectivity index (χ2n) is 5.05. The normalized spacial score (nSPS) is 10.6. The van der Waals surface area contributed by atoms with Gasteiger partial charge in [0.15, 0.2) is 0 Å². The zero-order valence-corrected chi connectivity index (χ0v) is 13.1. The maximum absolute atomic E-state index is 6.01. The van der Waals surface area contributed by atoms with Gasteiger partial charge in [-0.05, 0) is 42.3 Å². The molecule has 0 amide bonds. The number of nitrogens with one attached hydrogen (secondary N) is 1. The smallest absolute Gasteiger partial charge is 0.121 e. The molecule has 0 atom stereocenters.